The van der Waals surface area contributed by atoms with E-state index in [-0.39, 0.29) is 17.8 Å². The molecule has 1 aromatic rings. The van der Waals surface area contributed by atoms with Crippen LogP contribution in [0.1, 0.15) is 38.4 Å². The summed E-state index contributed by atoms with van der Waals surface area (Å²) in [6, 6.07) is 0.304. The Morgan fingerprint density at radius 2 is 2.35 bits per heavy atom. The van der Waals surface area contributed by atoms with Gasteiger partial charge in [-0.25, -0.2) is 13.4 Å². The highest BCUT2D eigenvalue weighted by atomic mass is 32.2. The number of anilines is 1. The van der Waals surface area contributed by atoms with E-state index in [0.717, 1.165) is 23.8 Å². The van der Waals surface area contributed by atoms with Crippen molar-refractivity contribution < 1.29 is 8.42 Å². The van der Waals surface area contributed by atoms with Gasteiger partial charge in [-0.3, -0.25) is 0 Å². The Morgan fingerprint density at radius 3 is 2.95 bits per heavy atom. The van der Waals surface area contributed by atoms with Gasteiger partial charge >= 0.3 is 0 Å². The maximum atomic E-state index is 11.6. The Morgan fingerprint density at radius 1 is 1.60 bits per heavy atom. The second-order valence-electron chi connectivity index (χ2n) is 5.40. The van der Waals surface area contributed by atoms with Gasteiger partial charge in [0.2, 0.25) is 0 Å². The van der Waals surface area contributed by atoms with Gasteiger partial charge in [0.1, 0.15) is 0 Å². The van der Waals surface area contributed by atoms with Crippen LogP contribution in [-0.4, -0.2) is 44.5 Å². The molecule has 0 aromatic carbocycles. The summed E-state index contributed by atoms with van der Waals surface area (Å²) in [5.41, 5.74) is 1.03. The van der Waals surface area contributed by atoms with E-state index in [1.54, 1.807) is 11.3 Å². The van der Waals surface area contributed by atoms with Gasteiger partial charge in [0.25, 0.3) is 0 Å². The smallest absolute Gasteiger partial charge is 0.185 e. The summed E-state index contributed by atoms with van der Waals surface area (Å²) >= 11 is 1.59. The van der Waals surface area contributed by atoms with Gasteiger partial charge in [-0.15, -0.1) is 11.3 Å². The number of hydrogen-bond acceptors (Lipinski definition) is 6. The highest BCUT2D eigenvalue weighted by molar-refractivity contribution is 7.91. The molecule has 0 amide bonds. The Balaban J connectivity index is 2.01. The number of nitrogens with zero attached hydrogens (tertiary/aromatic N) is 2. The highest BCUT2D eigenvalue weighted by Crippen LogP contribution is 2.27. The monoisotopic (exact) mass is 317 g/mol. The van der Waals surface area contributed by atoms with Crippen molar-refractivity contribution in [3.05, 3.63) is 11.1 Å². The molecule has 1 aromatic heterocycles. The van der Waals surface area contributed by atoms with Crippen LogP contribution in [0.15, 0.2) is 5.38 Å². The number of sulfone groups is 1. The molecule has 1 aliphatic rings. The SMILES string of the molecule is CCCNC(C)c1csc(N(C)C2CCS(=O)(=O)C2)n1. The average Bonchev–Trinajstić information content (AvgIpc) is 3.01. The number of rotatable bonds is 6. The third-order valence-corrected chi connectivity index (χ3v) is 6.41. The summed E-state index contributed by atoms with van der Waals surface area (Å²) in [4.78, 5) is 6.66. The van der Waals surface area contributed by atoms with Crippen LogP contribution in [0.4, 0.5) is 5.13 Å². The van der Waals surface area contributed by atoms with Gasteiger partial charge in [-0.2, -0.15) is 0 Å². The molecule has 2 rings (SSSR count). The van der Waals surface area contributed by atoms with Gasteiger partial charge in [0.15, 0.2) is 15.0 Å². The van der Waals surface area contributed by atoms with E-state index in [2.05, 4.69) is 29.5 Å². The van der Waals surface area contributed by atoms with E-state index in [0.29, 0.717) is 12.2 Å². The molecule has 0 aliphatic carbocycles. The largest absolute Gasteiger partial charge is 0.347 e. The minimum absolute atomic E-state index is 0.0675. The molecule has 20 heavy (non-hydrogen) atoms. The Bertz CT molecular complexity index is 542. The first-order valence-electron chi connectivity index (χ1n) is 7.05. The summed E-state index contributed by atoms with van der Waals surface area (Å²) in [7, 11) is -0.904. The number of aromatic nitrogens is 1. The van der Waals surface area contributed by atoms with Gasteiger partial charge in [-0.05, 0) is 26.3 Å². The van der Waals surface area contributed by atoms with E-state index in [9.17, 15) is 8.42 Å². The van der Waals surface area contributed by atoms with Crippen molar-refractivity contribution in [1.82, 2.24) is 10.3 Å². The average molecular weight is 317 g/mol. The molecule has 0 saturated carbocycles. The van der Waals surface area contributed by atoms with E-state index in [4.69, 9.17) is 0 Å². The van der Waals surface area contributed by atoms with Gasteiger partial charge < -0.3 is 10.2 Å². The first-order chi connectivity index (χ1) is 9.43. The molecule has 5 nitrogen and oxygen atoms in total. The Hall–Kier alpha value is -0.660. The van der Waals surface area contributed by atoms with Crippen LogP contribution < -0.4 is 10.2 Å². The molecule has 7 heteroatoms. The van der Waals surface area contributed by atoms with Crippen LogP contribution in [0.3, 0.4) is 0 Å². The van der Waals surface area contributed by atoms with Gasteiger partial charge in [0.05, 0.1) is 17.2 Å². The lowest BCUT2D eigenvalue weighted by Crippen LogP contribution is -2.32. The minimum Gasteiger partial charge on any atom is -0.347 e. The van der Waals surface area contributed by atoms with Crippen LogP contribution in [-0.2, 0) is 9.84 Å². The molecule has 1 saturated heterocycles. The lowest BCUT2D eigenvalue weighted by atomic mass is 10.2. The van der Waals surface area contributed by atoms with Crippen LogP contribution in [0.5, 0.6) is 0 Å². The Kier molecular flexibility index (Phi) is 5.04. The maximum absolute atomic E-state index is 11.6. The second kappa shape index (κ2) is 6.41. The summed E-state index contributed by atoms with van der Waals surface area (Å²) in [5, 5.41) is 6.38. The fraction of sp³-hybridized carbons (Fsp3) is 0.769. The predicted molar refractivity (Wildman–Crippen MR) is 84.3 cm³/mol. The minimum atomic E-state index is -2.85. The van der Waals surface area contributed by atoms with Crippen LogP contribution in [0, 0.1) is 0 Å². The molecule has 0 spiro atoms. The Labute approximate surface area is 125 Å². The fourth-order valence-corrected chi connectivity index (χ4v) is 5.07. The fourth-order valence-electron chi connectivity index (χ4n) is 2.34. The number of nitrogens with one attached hydrogen (secondary N) is 1. The lowest BCUT2D eigenvalue weighted by Gasteiger charge is -2.22. The molecule has 2 atom stereocenters. The van der Waals surface area contributed by atoms with Crippen LogP contribution in [0.2, 0.25) is 0 Å². The third kappa shape index (κ3) is 3.71. The number of thiazole rings is 1. The molecular formula is C13H23N3O2S2. The molecule has 1 N–H and O–H groups in total. The molecule has 0 radical (unpaired) electrons. The molecule has 2 heterocycles. The number of hydrogen-bond donors (Lipinski definition) is 1. The van der Waals surface area contributed by atoms with Crippen LogP contribution >= 0.6 is 11.3 Å². The van der Waals surface area contributed by atoms with E-state index >= 15 is 0 Å². The lowest BCUT2D eigenvalue weighted by molar-refractivity contribution is 0.560. The first kappa shape index (κ1) is 15.7. The predicted octanol–water partition coefficient (Wildman–Crippen LogP) is 1.83. The standard InChI is InChI=1S/C13H23N3O2S2/c1-4-6-14-10(2)12-8-19-13(15-12)16(3)11-5-7-20(17,18)9-11/h8,10-11,14H,4-7,9H2,1-3H3. The topological polar surface area (TPSA) is 62.3 Å². The van der Waals surface area contributed by atoms with Crippen molar-refractivity contribution in [2.24, 2.45) is 0 Å². The second-order valence-corrected chi connectivity index (χ2v) is 8.46. The van der Waals surface area contributed by atoms with Crippen molar-refractivity contribution in [3.8, 4) is 0 Å². The molecule has 1 aliphatic heterocycles. The third-order valence-electron chi connectivity index (χ3n) is 3.71. The normalized spacial score (nSPS) is 22.9. The molecule has 2 unspecified atom stereocenters. The summed E-state index contributed by atoms with van der Waals surface area (Å²) < 4.78 is 23.1. The summed E-state index contributed by atoms with van der Waals surface area (Å²) in [6.07, 6.45) is 1.80. The highest BCUT2D eigenvalue weighted by Gasteiger charge is 2.31. The van der Waals surface area contributed by atoms with E-state index in [1.807, 2.05) is 11.9 Å². The zero-order chi connectivity index (χ0) is 14.8. The van der Waals surface area contributed by atoms with Crippen molar-refractivity contribution in [2.45, 2.75) is 38.8 Å². The van der Waals surface area contributed by atoms with E-state index < -0.39 is 9.84 Å². The van der Waals surface area contributed by atoms with Crippen molar-refractivity contribution in [3.63, 3.8) is 0 Å². The zero-order valence-corrected chi connectivity index (χ0v) is 13.9. The van der Waals surface area contributed by atoms with Gasteiger partial charge in [0, 0.05) is 24.5 Å². The van der Waals surface area contributed by atoms with Crippen molar-refractivity contribution in [1.29, 1.82) is 0 Å². The van der Waals surface area contributed by atoms with Crippen molar-refractivity contribution in [2.75, 3.05) is 30.0 Å². The van der Waals surface area contributed by atoms with E-state index in [1.165, 1.54) is 0 Å². The van der Waals surface area contributed by atoms with Crippen molar-refractivity contribution >= 4 is 26.3 Å². The molecule has 114 valence electrons. The zero-order valence-electron chi connectivity index (χ0n) is 12.3. The quantitative estimate of drug-likeness (QED) is 0.867. The molecule has 1 fully saturated rings. The maximum Gasteiger partial charge on any atom is 0.185 e. The summed E-state index contributed by atoms with van der Waals surface area (Å²) in [5.74, 6) is 0.552. The van der Waals surface area contributed by atoms with Gasteiger partial charge in [-0.1, -0.05) is 6.92 Å². The first-order valence-corrected chi connectivity index (χ1v) is 9.75. The molecule has 0 bridgehead atoms. The van der Waals surface area contributed by atoms with Crippen LogP contribution in [0.25, 0.3) is 0 Å². The summed E-state index contributed by atoms with van der Waals surface area (Å²) in [6.45, 7) is 5.22. The molecular weight excluding hydrogens is 294 g/mol.